The average Bonchev–Trinajstić information content (AvgIpc) is 3.64. The fourth-order valence-corrected chi connectivity index (χ4v) is 8.09. The molecular weight excluding hydrogens is 798 g/mol. The highest BCUT2D eigenvalue weighted by Crippen LogP contribution is 2.36. The van der Waals surface area contributed by atoms with Crippen molar-refractivity contribution in [3.8, 4) is 0 Å². The van der Waals surface area contributed by atoms with E-state index in [4.69, 9.17) is 46.4 Å². The molecule has 8 rings (SSSR count). The number of imidazole rings is 2. The number of fused-ring (bicyclic) bond motifs is 6. The molecule has 56 heavy (non-hydrogen) atoms. The molecule has 0 spiro atoms. The van der Waals surface area contributed by atoms with Gasteiger partial charge < -0.3 is 34.8 Å². The maximum Gasteiger partial charge on any atom is 0.307 e. The molecule has 0 radical (unpaired) electrons. The third kappa shape index (κ3) is 6.83. The lowest BCUT2D eigenvalue weighted by atomic mass is 10.0. The van der Waals surface area contributed by atoms with Gasteiger partial charge >= 0.3 is 5.97 Å². The second-order valence-electron chi connectivity index (χ2n) is 13.2. The number of nitrogens with one attached hydrogen (secondary N) is 4. The minimum Gasteiger partial charge on any atom is -0.481 e. The standard InChI is InChI=1S/C20H16Cl2N4O3.C20H18Cl2N4O/c1-9-11(8-15(27)28)10-6-7-14-18(16(10)19(29)23-9)26(2)20(24-14)25-17-12(21)4-3-5-13(17)22;1-4-11-10(2)23-19(27)16-12(11)8-9-15-18(16)26(3)20(24-15)25-17-13(21)6-5-7-14(17)22/h3-7H,8H2,1-2H3,(H,23,29)(H,24,25)(H,27,28);5-9H,4H2,1-3H3,(H,23,27)(H,24,25). The van der Waals surface area contributed by atoms with Crippen LogP contribution in [0.3, 0.4) is 0 Å². The van der Waals surface area contributed by atoms with Gasteiger partial charge in [0.25, 0.3) is 11.1 Å². The first-order valence-electron chi connectivity index (χ1n) is 17.4. The molecule has 0 amide bonds. The molecule has 4 aromatic carbocycles. The Morgan fingerprint density at radius 1 is 0.679 bits per heavy atom. The minimum absolute atomic E-state index is 0.115. The van der Waals surface area contributed by atoms with Crippen LogP contribution in [0.4, 0.5) is 23.3 Å². The van der Waals surface area contributed by atoms with E-state index < -0.39 is 5.97 Å². The summed E-state index contributed by atoms with van der Waals surface area (Å²) >= 11 is 25.0. The van der Waals surface area contributed by atoms with Crippen LogP contribution in [0.5, 0.6) is 0 Å². The van der Waals surface area contributed by atoms with Gasteiger partial charge in [0, 0.05) is 25.5 Å². The highest BCUT2D eigenvalue weighted by Gasteiger charge is 2.20. The molecule has 4 aromatic heterocycles. The molecule has 0 fully saturated rings. The van der Waals surface area contributed by atoms with Crippen LogP contribution in [0.2, 0.25) is 20.1 Å². The van der Waals surface area contributed by atoms with Gasteiger partial charge in [0.05, 0.1) is 70.7 Å². The van der Waals surface area contributed by atoms with Crippen molar-refractivity contribution in [2.45, 2.75) is 33.6 Å². The molecule has 286 valence electrons. The van der Waals surface area contributed by atoms with Crippen LogP contribution in [0.15, 0.2) is 70.3 Å². The fourth-order valence-electron chi connectivity index (χ4n) is 7.11. The Balaban J connectivity index is 0.000000172. The third-order valence-corrected chi connectivity index (χ3v) is 11.0. The number of aromatic nitrogens is 6. The number of para-hydroxylation sites is 2. The topological polar surface area (TPSA) is 163 Å². The van der Waals surface area contributed by atoms with E-state index >= 15 is 0 Å². The molecule has 12 nitrogen and oxygen atoms in total. The second-order valence-corrected chi connectivity index (χ2v) is 14.8. The van der Waals surface area contributed by atoms with Crippen molar-refractivity contribution in [1.29, 1.82) is 0 Å². The number of carboxylic acids is 1. The predicted octanol–water partition coefficient (Wildman–Crippen LogP) is 9.74. The van der Waals surface area contributed by atoms with Gasteiger partial charge in [-0.1, -0.05) is 77.6 Å². The van der Waals surface area contributed by atoms with Crippen molar-refractivity contribution in [2.24, 2.45) is 14.1 Å². The number of carbonyl (C=O) groups is 1. The highest BCUT2D eigenvalue weighted by molar-refractivity contribution is 6.40. The molecule has 8 aromatic rings. The molecule has 0 bridgehead atoms. The molecule has 4 heterocycles. The van der Waals surface area contributed by atoms with Gasteiger partial charge in [-0.3, -0.25) is 14.4 Å². The summed E-state index contributed by atoms with van der Waals surface area (Å²) in [5.74, 6) is 0.0371. The van der Waals surface area contributed by atoms with Crippen LogP contribution in [0.25, 0.3) is 43.6 Å². The highest BCUT2D eigenvalue weighted by atomic mass is 35.5. The van der Waals surface area contributed by atoms with Crippen LogP contribution in [-0.4, -0.2) is 40.1 Å². The zero-order chi connectivity index (χ0) is 40.2. The lowest BCUT2D eigenvalue weighted by molar-refractivity contribution is -0.136. The van der Waals surface area contributed by atoms with E-state index in [1.165, 1.54) is 0 Å². The number of aryl methyl sites for hydroxylation is 5. The van der Waals surface area contributed by atoms with Crippen molar-refractivity contribution in [1.82, 2.24) is 29.1 Å². The Morgan fingerprint density at radius 3 is 1.46 bits per heavy atom. The molecule has 0 unspecified atom stereocenters. The maximum atomic E-state index is 12.8. The summed E-state index contributed by atoms with van der Waals surface area (Å²) in [7, 11) is 3.63. The molecule has 5 N–H and O–H groups in total. The summed E-state index contributed by atoms with van der Waals surface area (Å²) in [6.45, 7) is 5.71. The average molecular weight is 833 g/mol. The zero-order valence-corrected chi connectivity index (χ0v) is 33.7. The van der Waals surface area contributed by atoms with E-state index in [1.54, 1.807) is 67.1 Å². The third-order valence-electron chi connectivity index (χ3n) is 9.76. The molecule has 0 saturated carbocycles. The summed E-state index contributed by atoms with van der Waals surface area (Å²) in [6.07, 6.45) is 0.644. The van der Waals surface area contributed by atoms with Crippen molar-refractivity contribution in [3.63, 3.8) is 0 Å². The van der Waals surface area contributed by atoms with E-state index in [9.17, 15) is 19.5 Å². The van der Waals surface area contributed by atoms with Crippen LogP contribution < -0.4 is 21.8 Å². The zero-order valence-electron chi connectivity index (χ0n) is 30.7. The van der Waals surface area contributed by atoms with Crippen LogP contribution in [0.1, 0.15) is 29.4 Å². The summed E-state index contributed by atoms with van der Waals surface area (Å²) in [4.78, 5) is 51.8. The molecular formula is C40H34Cl4N8O4. The Labute approximate surface area is 339 Å². The first-order valence-corrected chi connectivity index (χ1v) is 18.9. The molecule has 0 aliphatic rings. The first kappa shape index (κ1) is 38.7. The lowest BCUT2D eigenvalue weighted by Gasteiger charge is -2.11. The number of H-pyrrole nitrogens is 2. The predicted molar refractivity (Wildman–Crippen MR) is 227 cm³/mol. The van der Waals surface area contributed by atoms with Crippen LogP contribution in [0, 0.1) is 13.8 Å². The van der Waals surface area contributed by atoms with Gasteiger partial charge in [-0.15, -0.1) is 0 Å². The van der Waals surface area contributed by atoms with E-state index in [2.05, 4.69) is 37.5 Å². The molecule has 0 aliphatic carbocycles. The van der Waals surface area contributed by atoms with Crippen molar-refractivity contribution in [3.05, 3.63) is 124 Å². The summed E-state index contributed by atoms with van der Waals surface area (Å²) in [5, 5.41) is 20.0. The fraction of sp³-hybridized carbons (Fsp3) is 0.175. The Bertz CT molecular complexity index is 2980. The van der Waals surface area contributed by atoms with Gasteiger partial charge in [-0.05, 0) is 78.6 Å². The van der Waals surface area contributed by atoms with Crippen LogP contribution in [-0.2, 0) is 31.7 Å². The Kier molecular flexibility index (Phi) is 10.5. The van der Waals surface area contributed by atoms with Gasteiger partial charge in [-0.2, -0.15) is 0 Å². The SMILES string of the molecule is CCc1c(C)[nH]c(=O)c2c1ccc1nc(Nc3c(Cl)cccc3Cl)n(C)c12.Cc1[nH]c(=O)c2c(ccc3nc(Nc4c(Cl)cccc4Cl)n(C)c32)c1CC(=O)O. The van der Waals surface area contributed by atoms with E-state index in [1.807, 2.05) is 30.7 Å². The monoisotopic (exact) mass is 830 g/mol. The summed E-state index contributed by atoms with van der Waals surface area (Å²) in [6, 6.07) is 17.9. The van der Waals surface area contributed by atoms with Crippen molar-refractivity contribution >= 4 is 119 Å². The van der Waals surface area contributed by atoms with E-state index in [0.717, 1.165) is 34.1 Å². The number of aromatic amines is 2. The molecule has 0 atom stereocenters. The number of hydrogen-bond donors (Lipinski definition) is 5. The number of pyridine rings is 2. The summed E-state index contributed by atoms with van der Waals surface area (Å²) in [5.41, 5.74) is 6.49. The van der Waals surface area contributed by atoms with E-state index in [-0.39, 0.29) is 17.5 Å². The van der Waals surface area contributed by atoms with Gasteiger partial charge in [-0.25, -0.2) is 9.97 Å². The second kappa shape index (κ2) is 15.2. The normalized spacial score (nSPS) is 11.4. The van der Waals surface area contributed by atoms with Crippen molar-refractivity contribution < 1.29 is 9.90 Å². The number of anilines is 4. The lowest BCUT2D eigenvalue weighted by Crippen LogP contribution is -2.14. The molecule has 0 saturated heterocycles. The smallest absolute Gasteiger partial charge is 0.307 e. The van der Waals surface area contributed by atoms with Gasteiger partial charge in [0.15, 0.2) is 0 Å². The number of aliphatic carboxylic acids is 1. The maximum absolute atomic E-state index is 12.8. The molecule has 0 aliphatic heterocycles. The largest absolute Gasteiger partial charge is 0.481 e. The first-order chi connectivity index (χ1) is 26.7. The van der Waals surface area contributed by atoms with Gasteiger partial charge in [0.1, 0.15) is 0 Å². The Morgan fingerprint density at radius 2 is 1.07 bits per heavy atom. The number of rotatable bonds is 7. The van der Waals surface area contributed by atoms with Gasteiger partial charge in [0.2, 0.25) is 11.9 Å². The van der Waals surface area contributed by atoms with E-state index in [0.29, 0.717) is 81.8 Å². The number of benzene rings is 4. The quantitative estimate of drug-likeness (QED) is 0.106. The molecule has 16 heteroatoms. The number of nitrogens with zero attached hydrogens (tertiary/aromatic N) is 4. The number of halogens is 4. The summed E-state index contributed by atoms with van der Waals surface area (Å²) < 4.78 is 3.59. The minimum atomic E-state index is -0.970. The van der Waals surface area contributed by atoms with Crippen molar-refractivity contribution in [2.75, 3.05) is 10.6 Å². The number of carboxylic acid groups (broad SMARTS) is 1. The Hall–Kier alpha value is -5.53. The number of hydrogen-bond acceptors (Lipinski definition) is 7. The van der Waals surface area contributed by atoms with Crippen LogP contribution >= 0.6 is 46.4 Å².